The second-order valence-electron chi connectivity index (χ2n) is 6.25. The Balaban J connectivity index is 2.28. The molecule has 0 heterocycles. The van der Waals surface area contributed by atoms with Crippen molar-refractivity contribution in [1.29, 1.82) is 0 Å². The maximum Gasteiger partial charge on any atom is 0.272 e. The van der Waals surface area contributed by atoms with Crippen molar-refractivity contribution in [2.24, 2.45) is 0 Å². The molecule has 0 fully saturated rings. The van der Waals surface area contributed by atoms with Crippen LogP contribution in [0.15, 0.2) is 48.5 Å². The molecule has 0 unspecified atom stereocenters. The normalized spacial score (nSPS) is 11.0. The second kappa shape index (κ2) is 7.24. The average molecular weight is 365 g/mol. The minimum Gasteiger partial charge on any atom is -0.267 e. The third kappa shape index (κ3) is 4.28. The number of carbonyl (C=O) groups is 2. The molecule has 0 saturated carbocycles. The molecule has 4 nitrogen and oxygen atoms in total. The standard InChI is InChI=1S/C18H18Cl2N2O2/c1-18(2,3)22(17(24)12-7-5-4-6-8-12)21-16(23)13-9-10-14(19)15(20)11-13/h4-11H,1-3H3,(H,21,23). The molecular formula is C18H18Cl2N2O2. The number of amides is 2. The molecule has 0 radical (unpaired) electrons. The molecule has 2 amide bonds. The molecule has 1 N–H and O–H groups in total. The second-order valence-corrected chi connectivity index (χ2v) is 7.06. The van der Waals surface area contributed by atoms with Crippen molar-refractivity contribution < 1.29 is 9.59 Å². The van der Waals surface area contributed by atoms with Gasteiger partial charge in [0.05, 0.1) is 15.6 Å². The lowest BCUT2D eigenvalue weighted by molar-refractivity contribution is 0.0358. The maximum atomic E-state index is 12.7. The van der Waals surface area contributed by atoms with Crippen LogP contribution in [0.4, 0.5) is 0 Å². The molecule has 0 aliphatic carbocycles. The number of nitrogens with one attached hydrogen (secondary N) is 1. The number of rotatable bonds is 2. The third-order valence-corrected chi connectivity index (χ3v) is 4.03. The van der Waals surface area contributed by atoms with Gasteiger partial charge in [-0.1, -0.05) is 41.4 Å². The van der Waals surface area contributed by atoms with Gasteiger partial charge >= 0.3 is 0 Å². The first-order valence-electron chi connectivity index (χ1n) is 7.36. The molecule has 0 aliphatic rings. The Bertz CT molecular complexity index is 755. The molecule has 0 atom stereocenters. The van der Waals surface area contributed by atoms with Gasteiger partial charge in [-0.3, -0.25) is 15.0 Å². The van der Waals surface area contributed by atoms with E-state index in [-0.39, 0.29) is 10.9 Å². The van der Waals surface area contributed by atoms with E-state index >= 15 is 0 Å². The minimum atomic E-state index is -0.612. The van der Waals surface area contributed by atoms with E-state index in [0.29, 0.717) is 16.1 Å². The maximum absolute atomic E-state index is 12.7. The number of benzene rings is 2. The van der Waals surface area contributed by atoms with E-state index in [2.05, 4.69) is 5.43 Å². The molecular weight excluding hydrogens is 347 g/mol. The number of hydrogen-bond donors (Lipinski definition) is 1. The quantitative estimate of drug-likeness (QED) is 0.792. The Morgan fingerprint density at radius 3 is 2.08 bits per heavy atom. The van der Waals surface area contributed by atoms with Crippen LogP contribution >= 0.6 is 23.2 Å². The van der Waals surface area contributed by atoms with Gasteiger partial charge in [-0.2, -0.15) is 0 Å². The molecule has 6 heteroatoms. The van der Waals surface area contributed by atoms with Gasteiger partial charge in [0.1, 0.15) is 0 Å². The Labute approximate surface area is 151 Å². The molecule has 0 aliphatic heterocycles. The zero-order valence-corrected chi connectivity index (χ0v) is 15.2. The van der Waals surface area contributed by atoms with Crippen LogP contribution in [0.25, 0.3) is 0 Å². The van der Waals surface area contributed by atoms with E-state index in [9.17, 15) is 9.59 Å². The largest absolute Gasteiger partial charge is 0.272 e. The summed E-state index contributed by atoms with van der Waals surface area (Å²) >= 11 is 11.8. The topological polar surface area (TPSA) is 49.4 Å². The summed E-state index contributed by atoms with van der Waals surface area (Å²) in [6.45, 7) is 5.51. The fourth-order valence-electron chi connectivity index (χ4n) is 2.04. The summed E-state index contributed by atoms with van der Waals surface area (Å²) in [5, 5.41) is 1.95. The summed E-state index contributed by atoms with van der Waals surface area (Å²) in [5.74, 6) is -0.732. The predicted molar refractivity (Wildman–Crippen MR) is 96.3 cm³/mol. The SMILES string of the molecule is CC(C)(C)N(NC(=O)c1ccc(Cl)c(Cl)c1)C(=O)c1ccccc1. The zero-order valence-electron chi connectivity index (χ0n) is 13.6. The highest BCUT2D eigenvalue weighted by Gasteiger charge is 2.29. The van der Waals surface area contributed by atoms with Crippen molar-refractivity contribution in [3.63, 3.8) is 0 Å². The zero-order chi connectivity index (χ0) is 17.9. The monoisotopic (exact) mass is 364 g/mol. The van der Waals surface area contributed by atoms with Gasteiger partial charge in [-0.05, 0) is 51.1 Å². The fourth-order valence-corrected chi connectivity index (χ4v) is 2.33. The lowest BCUT2D eigenvalue weighted by Crippen LogP contribution is -2.55. The van der Waals surface area contributed by atoms with Crippen molar-refractivity contribution in [3.05, 3.63) is 69.7 Å². The summed E-state index contributed by atoms with van der Waals surface area (Å²) in [6, 6.07) is 13.3. The van der Waals surface area contributed by atoms with Crippen LogP contribution in [-0.2, 0) is 0 Å². The number of halogens is 2. The number of carbonyl (C=O) groups excluding carboxylic acids is 2. The molecule has 0 saturated heterocycles. The highest BCUT2D eigenvalue weighted by molar-refractivity contribution is 6.42. The smallest absolute Gasteiger partial charge is 0.267 e. The van der Waals surface area contributed by atoms with E-state index in [4.69, 9.17) is 23.2 Å². The van der Waals surface area contributed by atoms with Crippen molar-refractivity contribution >= 4 is 35.0 Å². The van der Waals surface area contributed by atoms with Gasteiger partial charge < -0.3 is 0 Å². The summed E-state index contributed by atoms with van der Waals surface area (Å²) in [6.07, 6.45) is 0. The lowest BCUT2D eigenvalue weighted by atomic mass is 10.1. The van der Waals surface area contributed by atoms with Crippen LogP contribution < -0.4 is 5.43 Å². The van der Waals surface area contributed by atoms with Crippen molar-refractivity contribution in [3.8, 4) is 0 Å². The lowest BCUT2D eigenvalue weighted by Gasteiger charge is -2.35. The molecule has 0 aromatic heterocycles. The van der Waals surface area contributed by atoms with E-state index in [0.717, 1.165) is 0 Å². The Kier molecular flexibility index (Phi) is 5.52. The van der Waals surface area contributed by atoms with Crippen LogP contribution in [0, 0.1) is 0 Å². The summed E-state index contributed by atoms with van der Waals surface area (Å²) in [5.41, 5.74) is 2.86. The minimum absolute atomic E-state index is 0.279. The van der Waals surface area contributed by atoms with Crippen LogP contribution in [0.3, 0.4) is 0 Å². The molecule has 126 valence electrons. The number of hydrogen-bond acceptors (Lipinski definition) is 2. The summed E-state index contributed by atoms with van der Waals surface area (Å²) < 4.78 is 0. The van der Waals surface area contributed by atoms with E-state index < -0.39 is 11.4 Å². The number of hydrazine groups is 1. The van der Waals surface area contributed by atoms with Gasteiger partial charge in [0.25, 0.3) is 11.8 Å². The van der Waals surface area contributed by atoms with Crippen molar-refractivity contribution in [2.45, 2.75) is 26.3 Å². The van der Waals surface area contributed by atoms with Crippen molar-refractivity contribution in [2.75, 3.05) is 0 Å². The van der Waals surface area contributed by atoms with Gasteiger partial charge in [-0.25, -0.2) is 5.01 Å². The Morgan fingerprint density at radius 1 is 0.917 bits per heavy atom. The first kappa shape index (κ1) is 18.3. The first-order chi connectivity index (χ1) is 11.2. The third-order valence-electron chi connectivity index (χ3n) is 3.29. The molecule has 0 bridgehead atoms. The highest BCUT2D eigenvalue weighted by atomic mass is 35.5. The van der Waals surface area contributed by atoms with Gasteiger partial charge in [0.15, 0.2) is 0 Å². The predicted octanol–water partition coefficient (Wildman–Crippen LogP) is 4.58. The van der Waals surface area contributed by atoms with Crippen LogP contribution in [0.2, 0.25) is 10.0 Å². The van der Waals surface area contributed by atoms with Gasteiger partial charge in [0, 0.05) is 11.1 Å². The van der Waals surface area contributed by atoms with Crippen LogP contribution in [0.1, 0.15) is 41.5 Å². The fraction of sp³-hybridized carbons (Fsp3) is 0.222. The Hall–Kier alpha value is -2.04. The molecule has 24 heavy (non-hydrogen) atoms. The van der Waals surface area contributed by atoms with Gasteiger partial charge in [-0.15, -0.1) is 0 Å². The highest BCUT2D eigenvalue weighted by Crippen LogP contribution is 2.23. The average Bonchev–Trinajstić information content (AvgIpc) is 2.54. The summed E-state index contributed by atoms with van der Waals surface area (Å²) in [4.78, 5) is 25.2. The first-order valence-corrected chi connectivity index (χ1v) is 8.11. The van der Waals surface area contributed by atoms with Gasteiger partial charge in [0.2, 0.25) is 0 Å². The van der Waals surface area contributed by atoms with E-state index in [1.165, 1.54) is 11.1 Å². The molecule has 2 aromatic rings. The summed E-state index contributed by atoms with van der Waals surface area (Å²) in [7, 11) is 0. The van der Waals surface area contributed by atoms with E-state index in [1.54, 1.807) is 36.4 Å². The molecule has 0 spiro atoms. The number of nitrogens with zero attached hydrogens (tertiary/aromatic N) is 1. The van der Waals surface area contributed by atoms with Crippen molar-refractivity contribution in [1.82, 2.24) is 10.4 Å². The van der Waals surface area contributed by atoms with Crippen LogP contribution in [-0.4, -0.2) is 22.4 Å². The Morgan fingerprint density at radius 2 is 1.54 bits per heavy atom. The molecule has 2 rings (SSSR count). The van der Waals surface area contributed by atoms with E-state index in [1.807, 2.05) is 26.8 Å². The molecule has 2 aromatic carbocycles. The van der Waals surface area contributed by atoms with Crippen LogP contribution in [0.5, 0.6) is 0 Å².